The third-order valence-electron chi connectivity index (χ3n) is 7.10. The number of hydrogen-bond acceptors (Lipinski definition) is 6. The molecule has 0 radical (unpaired) electrons. The molecule has 0 spiro atoms. The number of nitrogens with zero attached hydrogens (tertiary/aromatic N) is 4. The van der Waals surface area contributed by atoms with Gasteiger partial charge >= 0.3 is 0 Å². The van der Waals surface area contributed by atoms with Gasteiger partial charge in [0, 0.05) is 56.8 Å². The summed E-state index contributed by atoms with van der Waals surface area (Å²) in [4.78, 5) is 27.5. The van der Waals surface area contributed by atoms with Crippen LogP contribution >= 0.6 is 0 Å². The lowest BCUT2D eigenvalue weighted by Gasteiger charge is -2.43. The number of benzene rings is 2. The molecule has 2 aliphatic heterocycles. The largest absolute Gasteiger partial charge is 0.381 e. The number of ether oxygens (including phenoxy) is 1. The van der Waals surface area contributed by atoms with Crippen molar-refractivity contribution in [3.05, 3.63) is 77.5 Å². The first-order chi connectivity index (χ1) is 17.0. The van der Waals surface area contributed by atoms with Gasteiger partial charge < -0.3 is 19.9 Å². The minimum atomic E-state index is -0.493. The minimum Gasteiger partial charge on any atom is -0.381 e. The Morgan fingerprint density at radius 1 is 0.914 bits per heavy atom. The standard InChI is InChI=1S/C28H33N5O2/c1-21-8-10-24(11-9-21)30-25-20-22(2)29-27(31-25)33-16-14-32(15-17-33)26(34)28(12-18-35-19-13-28)23-6-4-3-5-7-23/h3-11,20H,12-19H2,1-2H3,(H,29,30,31). The smallest absolute Gasteiger partial charge is 0.233 e. The van der Waals surface area contributed by atoms with E-state index in [0.717, 1.165) is 35.6 Å². The molecule has 35 heavy (non-hydrogen) atoms. The van der Waals surface area contributed by atoms with E-state index in [-0.39, 0.29) is 5.91 Å². The zero-order valence-electron chi connectivity index (χ0n) is 20.5. The lowest BCUT2D eigenvalue weighted by atomic mass is 9.73. The van der Waals surface area contributed by atoms with Crippen LogP contribution in [0.2, 0.25) is 0 Å². The highest BCUT2D eigenvalue weighted by Crippen LogP contribution is 2.37. The van der Waals surface area contributed by atoms with E-state index in [9.17, 15) is 4.79 Å². The van der Waals surface area contributed by atoms with Gasteiger partial charge in [-0.15, -0.1) is 0 Å². The van der Waals surface area contributed by atoms with Crippen LogP contribution in [-0.2, 0) is 14.9 Å². The van der Waals surface area contributed by atoms with Crippen molar-refractivity contribution in [3.63, 3.8) is 0 Å². The maximum Gasteiger partial charge on any atom is 0.233 e. The monoisotopic (exact) mass is 471 g/mol. The van der Waals surface area contributed by atoms with Crippen LogP contribution in [0.15, 0.2) is 60.7 Å². The topological polar surface area (TPSA) is 70.6 Å². The molecule has 182 valence electrons. The van der Waals surface area contributed by atoms with E-state index in [1.54, 1.807) is 0 Å². The normalized spacial score (nSPS) is 17.8. The van der Waals surface area contributed by atoms with Crippen LogP contribution in [0.4, 0.5) is 17.5 Å². The maximum atomic E-state index is 13.9. The minimum absolute atomic E-state index is 0.221. The van der Waals surface area contributed by atoms with Crippen molar-refractivity contribution in [1.29, 1.82) is 0 Å². The number of aromatic nitrogens is 2. The summed E-state index contributed by atoms with van der Waals surface area (Å²) in [5.74, 6) is 1.70. The summed E-state index contributed by atoms with van der Waals surface area (Å²) >= 11 is 0. The van der Waals surface area contributed by atoms with Crippen molar-refractivity contribution in [3.8, 4) is 0 Å². The van der Waals surface area contributed by atoms with Crippen molar-refractivity contribution in [2.75, 3.05) is 49.6 Å². The van der Waals surface area contributed by atoms with E-state index in [1.807, 2.05) is 36.1 Å². The Kier molecular flexibility index (Phi) is 6.68. The molecule has 0 atom stereocenters. The number of nitrogens with one attached hydrogen (secondary N) is 1. The average Bonchev–Trinajstić information content (AvgIpc) is 2.90. The number of amides is 1. The van der Waals surface area contributed by atoms with Crippen molar-refractivity contribution in [1.82, 2.24) is 14.9 Å². The molecule has 0 unspecified atom stereocenters. The van der Waals surface area contributed by atoms with E-state index in [1.165, 1.54) is 5.56 Å². The molecule has 2 aromatic carbocycles. The zero-order chi connectivity index (χ0) is 24.3. The van der Waals surface area contributed by atoms with Crippen LogP contribution in [0.5, 0.6) is 0 Å². The third-order valence-corrected chi connectivity index (χ3v) is 7.10. The fourth-order valence-electron chi connectivity index (χ4n) is 5.06. The predicted molar refractivity (Wildman–Crippen MR) is 138 cm³/mol. The molecule has 1 N–H and O–H groups in total. The first-order valence-corrected chi connectivity index (χ1v) is 12.4. The first-order valence-electron chi connectivity index (χ1n) is 12.4. The van der Waals surface area contributed by atoms with Crippen LogP contribution in [0.25, 0.3) is 0 Å². The highest BCUT2D eigenvalue weighted by Gasteiger charge is 2.44. The number of carbonyl (C=O) groups is 1. The highest BCUT2D eigenvalue weighted by atomic mass is 16.5. The van der Waals surface area contributed by atoms with Gasteiger partial charge in [0.1, 0.15) is 5.82 Å². The third kappa shape index (κ3) is 5.00. The Hall–Kier alpha value is -3.45. The molecule has 1 amide bonds. The molecule has 2 fully saturated rings. The van der Waals surface area contributed by atoms with Crippen LogP contribution in [0.3, 0.4) is 0 Å². The molecule has 1 aromatic heterocycles. The van der Waals surface area contributed by atoms with Gasteiger partial charge in [0.05, 0.1) is 5.41 Å². The van der Waals surface area contributed by atoms with Crippen molar-refractivity contribution in [2.24, 2.45) is 0 Å². The fraction of sp³-hybridized carbons (Fsp3) is 0.393. The SMILES string of the molecule is Cc1ccc(Nc2cc(C)nc(N3CCN(C(=O)C4(c5ccccc5)CCOCC4)CC3)n2)cc1. The van der Waals surface area contributed by atoms with Gasteiger partial charge in [0.15, 0.2) is 0 Å². The van der Waals surface area contributed by atoms with Gasteiger partial charge in [-0.25, -0.2) is 4.98 Å². The van der Waals surface area contributed by atoms with E-state index in [4.69, 9.17) is 9.72 Å². The Balaban J connectivity index is 1.29. The van der Waals surface area contributed by atoms with E-state index >= 15 is 0 Å². The van der Waals surface area contributed by atoms with Gasteiger partial charge in [-0.05, 0) is 44.4 Å². The number of piperazine rings is 1. The fourth-order valence-corrected chi connectivity index (χ4v) is 5.06. The molecule has 5 rings (SSSR count). The molecule has 2 aliphatic rings. The van der Waals surface area contributed by atoms with Crippen molar-refractivity contribution < 1.29 is 9.53 Å². The highest BCUT2D eigenvalue weighted by molar-refractivity contribution is 5.88. The Bertz CT molecular complexity index is 1150. The number of carbonyl (C=O) groups excluding carboxylic acids is 1. The number of rotatable bonds is 5. The zero-order valence-corrected chi connectivity index (χ0v) is 20.5. The molecule has 2 saturated heterocycles. The summed E-state index contributed by atoms with van der Waals surface area (Å²) in [7, 11) is 0. The van der Waals surface area contributed by atoms with E-state index in [2.05, 4.69) is 58.5 Å². The predicted octanol–water partition coefficient (Wildman–Crippen LogP) is 4.23. The molecule has 3 heterocycles. The molecule has 3 aromatic rings. The second-order valence-corrected chi connectivity index (χ2v) is 9.53. The average molecular weight is 472 g/mol. The second kappa shape index (κ2) is 10.0. The molecular formula is C28H33N5O2. The summed E-state index contributed by atoms with van der Waals surface area (Å²) in [6.07, 6.45) is 1.45. The molecule has 7 nitrogen and oxygen atoms in total. The molecule has 0 saturated carbocycles. The molecule has 7 heteroatoms. The summed E-state index contributed by atoms with van der Waals surface area (Å²) < 4.78 is 5.63. The summed E-state index contributed by atoms with van der Waals surface area (Å²) in [6.45, 7) is 8.04. The van der Waals surface area contributed by atoms with E-state index in [0.29, 0.717) is 45.3 Å². The Morgan fingerprint density at radius 3 is 2.29 bits per heavy atom. The second-order valence-electron chi connectivity index (χ2n) is 9.53. The molecule has 0 aliphatic carbocycles. The summed E-state index contributed by atoms with van der Waals surface area (Å²) in [5, 5.41) is 3.39. The van der Waals surface area contributed by atoms with Gasteiger partial charge in [0.2, 0.25) is 11.9 Å². The summed E-state index contributed by atoms with van der Waals surface area (Å²) in [6, 6.07) is 20.4. The number of aryl methyl sites for hydroxylation is 2. The van der Waals surface area contributed by atoms with Crippen LogP contribution in [0, 0.1) is 13.8 Å². The Labute approximate surface area is 207 Å². The lowest BCUT2D eigenvalue weighted by Crippen LogP contribution is -2.56. The Morgan fingerprint density at radius 2 is 1.60 bits per heavy atom. The van der Waals surface area contributed by atoms with Gasteiger partial charge in [-0.2, -0.15) is 4.98 Å². The number of anilines is 3. The van der Waals surface area contributed by atoms with Gasteiger partial charge in [-0.3, -0.25) is 4.79 Å². The van der Waals surface area contributed by atoms with Crippen LogP contribution in [0.1, 0.15) is 29.7 Å². The van der Waals surface area contributed by atoms with Crippen LogP contribution < -0.4 is 10.2 Å². The first kappa shape index (κ1) is 23.3. The summed E-state index contributed by atoms with van der Waals surface area (Å²) in [5.41, 5.74) is 3.74. The van der Waals surface area contributed by atoms with Crippen molar-refractivity contribution >= 4 is 23.4 Å². The van der Waals surface area contributed by atoms with Gasteiger partial charge in [-0.1, -0.05) is 48.0 Å². The molecular weight excluding hydrogens is 438 g/mol. The molecule has 0 bridgehead atoms. The quantitative estimate of drug-likeness (QED) is 0.600. The van der Waals surface area contributed by atoms with E-state index < -0.39 is 5.41 Å². The maximum absolute atomic E-state index is 13.9. The van der Waals surface area contributed by atoms with Gasteiger partial charge in [0.25, 0.3) is 0 Å². The van der Waals surface area contributed by atoms with Crippen molar-refractivity contribution in [2.45, 2.75) is 32.1 Å². The number of hydrogen-bond donors (Lipinski definition) is 1. The van der Waals surface area contributed by atoms with Crippen LogP contribution in [-0.4, -0.2) is 60.2 Å². The lowest BCUT2D eigenvalue weighted by molar-refractivity contribution is -0.141.